The zero-order valence-electron chi connectivity index (χ0n) is 9.44. The number of carboxylic acids is 1. The molecule has 0 saturated heterocycles. The lowest BCUT2D eigenvalue weighted by Crippen LogP contribution is -2.35. The highest BCUT2D eigenvalue weighted by atomic mass is 35.5. The van der Waals surface area contributed by atoms with Crippen LogP contribution in [0.2, 0.25) is 5.02 Å². The second kappa shape index (κ2) is 6.25. The van der Waals surface area contributed by atoms with Crippen LogP contribution in [0.4, 0.5) is 0 Å². The first-order valence-corrected chi connectivity index (χ1v) is 5.61. The normalized spacial score (nSPS) is 11.9. The first kappa shape index (κ1) is 13.5. The van der Waals surface area contributed by atoms with Crippen molar-refractivity contribution in [2.75, 3.05) is 0 Å². The van der Waals surface area contributed by atoms with E-state index in [0.29, 0.717) is 11.4 Å². The molecule has 4 nitrogen and oxygen atoms in total. The average molecular weight is 256 g/mol. The third-order valence-electron chi connectivity index (χ3n) is 2.15. The monoisotopic (exact) mass is 255 g/mol. The molecule has 92 valence electrons. The first-order valence-electron chi connectivity index (χ1n) is 5.23. The Hall–Kier alpha value is -1.55. The van der Waals surface area contributed by atoms with E-state index in [-0.39, 0.29) is 6.04 Å². The molecule has 1 amide bonds. The number of carbonyl (C=O) groups is 2. The van der Waals surface area contributed by atoms with Crippen molar-refractivity contribution in [3.05, 3.63) is 34.9 Å². The summed E-state index contributed by atoms with van der Waals surface area (Å²) in [6.07, 6.45) is 0.117. The molecule has 1 unspecified atom stereocenters. The van der Waals surface area contributed by atoms with Crippen LogP contribution in [0.5, 0.6) is 0 Å². The van der Waals surface area contributed by atoms with Crippen molar-refractivity contribution in [1.29, 1.82) is 0 Å². The minimum Gasteiger partial charge on any atom is -0.481 e. The molecule has 0 bridgehead atoms. The Morgan fingerprint density at radius 3 is 2.76 bits per heavy atom. The number of rotatable bonds is 5. The van der Waals surface area contributed by atoms with Crippen LogP contribution >= 0.6 is 11.6 Å². The van der Waals surface area contributed by atoms with Crippen LogP contribution in [0.3, 0.4) is 0 Å². The van der Waals surface area contributed by atoms with E-state index >= 15 is 0 Å². The average Bonchev–Trinajstić information content (AvgIpc) is 2.14. The van der Waals surface area contributed by atoms with Crippen molar-refractivity contribution >= 4 is 23.5 Å². The highest BCUT2D eigenvalue weighted by Gasteiger charge is 2.11. The Labute approximate surface area is 105 Å². The molecule has 0 heterocycles. The van der Waals surface area contributed by atoms with Crippen LogP contribution in [-0.4, -0.2) is 23.0 Å². The summed E-state index contributed by atoms with van der Waals surface area (Å²) < 4.78 is 0. The molecular weight excluding hydrogens is 242 g/mol. The summed E-state index contributed by atoms with van der Waals surface area (Å²) in [5, 5.41) is 11.7. The summed E-state index contributed by atoms with van der Waals surface area (Å²) in [4.78, 5) is 21.5. The summed E-state index contributed by atoms with van der Waals surface area (Å²) in [7, 11) is 0. The molecule has 1 aromatic carbocycles. The number of nitrogens with one attached hydrogen (secondary N) is 1. The van der Waals surface area contributed by atoms with Crippen molar-refractivity contribution < 1.29 is 14.7 Å². The van der Waals surface area contributed by atoms with Crippen LogP contribution in [-0.2, 0) is 16.0 Å². The van der Waals surface area contributed by atoms with E-state index < -0.39 is 18.3 Å². The van der Waals surface area contributed by atoms with Gasteiger partial charge in [-0.1, -0.05) is 23.7 Å². The minimum atomic E-state index is -1.13. The standard InChI is InChI=1S/C12H14ClNO3/c1-8(14-11(15)7-12(16)17)5-9-3-2-4-10(13)6-9/h2-4,6,8H,5,7H2,1H3,(H,14,15)(H,16,17). The zero-order valence-corrected chi connectivity index (χ0v) is 10.2. The Morgan fingerprint density at radius 1 is 1.47 bits per heavy atom. The van der Waals surface area contributed by atoms with E-state index in [1.54, 1.807) is 6.07 Å². The predicted octanol–water partition coefficient (Wildman–Crippen LogP) is 1.86. The smallest absolute Gasteiger partial charge is 0.312 e. The van der Waals surface area contributed by atoms with Gasteiger partial charge in [-0.15, -0.1) is 0 Å². The van der Waals surface area contributed by atoms with Crippen molar-refractivity contribution in [2.45, 2.75) is 25.8 Å². The molecule has 1 rings (SSSR count). The molecule has 1 atom stereocenters. The van der Waals surface area contributed by atoms with Gasteiger partial charge in [0, 0.05) is 11.1 Å². The second-order valence-corrected chi connectivity index (χ2v) is 4.31. The van der Waals surface area contributed by atoms with E-state index in [1.807, 2.05) is 25.1 Å². The molecule has 17 heavy (non-hydrogen) atoms. The maximum Gasteiger partial charge on any atom is 0.312 e. The Kier molecular flexibility index (Phi) is 4.97. The van der Waals surface area contributed by atoms with E-state index in [2.05, 4.69) is 5.32 Å². The van der Waals surface area contributed by atoms with Gasteiger partial charge in [0.05, 0.1) is 0 Å². The lowest BCUT2D eigenvalue weighted by Gasteiger charge is -2.13. The number of halogens is 1. The molecule has 2 N–H and O–H groups in total. The Morgan fingerprint density at radius 2 is 2.18 bits per heavy atom. The largest absolute Gasteiger partial charge is 0.481 e. The Balaban J connectivity index is 2.47. The summed E-state index contributed by atoms with van der Waals surface area (Å²) in [5.74, 6) is -1.61. The van der Waals surface area contributed by atoms with Crippen LogP contribution in [0, 0.1) is 0 Å². The van der Waals surface area contributed by atoms with Gasteiger partial charge in [-0.2, -0.15) is 0 Å². The van der Waals surface area contributed by atoms with Crippen LogP contribution in [0.25, 0.3) is 0 Å². The molecular formula is C12H14ClNO3. The van der Waals surface area contributed by atoms with E-state index in [1.165, 1.54) is 0 Å². The van der Waals surface area contributed by atoms with Crippen LogP contribution < -0.4 is 5.32 Å². The third kappa shape index (κ3) is 5.36. The highest BCUT2D eigenvalue weighted by molar-refractivity contribution is 6.30. The maximum absolute atomic E-state index is 11.2. The van der Waals surface area contributed by atoms with Gasteiger partial charge >= 0.3 is 5.97 Å². The summed E-state index contributed by atoms with van der Waals surface area (Å²) >= 11 is 5.84. The SMILES string of the molecule is CC(Cc1cccc(Cl)c1)NC(=O)CC(=O)O. The van der Waals surface area contributed by atoms with E-state index in [0.717, 1.165) is 5.56 Å². The quantitative estimate of drug-likeness (QED) is 0.790. The van der Waals surface area contributed by atoms with E-state index in [4.69, 9.17) is 16.7 Å². The lowest BCUT2D eigenvalue weighted by atomic mass is 10.1. The number of amides is 1. The van der Waals surface area contributed by atoms with Crippen LogP contribution in [0.15, 0.2) is 24.3 Å². The predicted molar refractivity (Wildman–Crippen MR) is 65.0 cm³/mol. The molecule has 0 radical (unpaired) electrons. The number of benzene rings is 1. The summed E-state index contributed by atoms with van der Waals surface area (Å²) in [6, 6.07) is 7.22. The van der Waals surface area contributed by atoms with Gasteiger partial charge in [0.1, 0.15) is 6.42 Å². The highest BCUT2D eigenvalue weighted by Crippen LogP contribution is 2.12. The summed E-state index contributed by atoms with van der Waals surface area (Å²) in [5.41, 5.74) is 1.00. The molecule has 1 aromatic rings. The molecule has 0 saturated carbocycles. The molecule has 0 aliphatic carbocycles. The number of hydrogen-bond acceptors (Lipinski definition) is 2. The van der Waals surface area contributed by atoms with Gasteiger partial charge in [-0.3, -0.25) is 9.59 Å². The minimum absolute atomic E-state index is 0.125. The van der Waals surface area contributed by atoms with Gasteiger partial charge in [0.15, 0.2) is 0 Å². The fourth-order valence-electron chi connectivity index (χ4n) is 1.53. The third-order valence-corrected chi connectivity index (χ3v) is 2.39. The fraction of sp³-hybridized carbons (Fsp3) is 0.333. The fourth-order valence-corrected chi connectivity index (χ4v) is 1.74. The lowest BCUT2D eigenvalue weighted by molar-refractivity contribution is -0.140. The van der Waals surface area contributed by atoms with Crippen molar-refractivity contribution in [3.63, 3.8) is 0 Å². The molecule has 0 fully saturated rings. The number of carbonyl (C=O) groups excluding carboxylic acids is 1. The molecule has 5 heteroatoms. The topological polar surface area (TPSA) is 66.4 Å². The van der Waals surface area contributed by atoms with Crippen molar-refractivity contribution in [1.82, 2.24) is 5.32 Å². The number of carboxylic acid groups (broad SMARTS) is 1. The van der Waals surface area contributed by atoms with Crippen molar-refractivity contribution in [2.24, 2.45) is 0 Å². The molecule has 0 aliphatic rings. The first-order chi connectivity index (χ1) is 7.97. The van der Waals surface area contributed by atoms with Gasteiger partial charge in [-0.25, -0.2) is 0 Å². The molecule has 0 aliphatic heterocycles. The van der Waals surface area contributed by atoms with Gasteiger partial charge in [-0.05, 0) is 31.0 Å². The molecule has 0 aromatic heterocycles. The van der Waals surface area contributed by atoms with E-state index in [9.17, 15) is 9.59 Å². The van der Waals surface area contributed by atoms with Gasteiger partial charge in [0.2, 0.25) is 5.91 Å². The zero-order chi connectivity index (χ0) is 12.8. The molecule has 0 spiro atoms. The number of hydrogen-bond donors (Lipinski definition) is 2. The van der Waals surface area contributed by atoms with Crippen LogP contribution in [0.1, 0.15) is 18.9 Å². The maximum atomic E-state index is 11.2. The van der Waals surface area contributed by atoms with Crippen molar-refractivity contribution in [3.8, 4) is 0 Å². The van der Waals surface area contributed by atoms with Gasteiger partial charge in [0.25, 0.3) is 0 Å². The Bertz CT molecular complexity index is 420. The van der Waals surface area contributed by atoms with Gasteiger partial charge < -0.3 is 10.4 Å². The second-order valence-electron chi connectivity index (χ2n) is 3.87. The number of aliphatic carboxylic acids is 1. The summed E-state index contributed by atoms with van der Waals surface area (Å²) in [6.45, 7) is 1.82.